The zero-order valence-electron chi connectivity index (χ0n) is 30.7. The molecular weight excluding hydrogens is 639 g/mol. The molecule has 0 spiro atoms. The molecule has 0 radical (unpaired) electrons. The van der Waals surface area contributed by atoms with Crippen molar-refractivity contribution in [2.24, 2.45) is 0 Å². The molecule has 2 aliphatic carbocycles. The van der Waals surface area contributed by atoms with Crippen LogP contribution in [0.4, 0.5) is 17.1 Å². The van der Waals surface area contributed by atoms with Crippen LogP contribution in [0.25, 0.3) is 55.3 Å². The highest BCUT2D eigenvalue weighted by atomic mass is 15.1. The molecule has 8 aromatic carbocycles. The van der Waals surface area contributed by atoms with Crippen LogP contribution in [0.15, 0.2) is 176 Å². The van der Waals surface area contributed by atoms with Crippen LogP contribution in [0.5, 0.6) is 0 Å². The summed E-state index contributed by atoms with van der Waals surface area (Å²) in [6.07, 6.45) is 0. The summed E-state index contributed by atoms with van der Waals surface area (Å²) in [5.41, 5.74) is 19.0. The molecule has 0 amide bonds. The predicted octanol–water partition coefficient (Wildman–Crippen LogP) is 14.3. The third-order valence-electron chi connectivity index (χ3n) is 12.1. The van der Waals surface area contributed by atoms with Crippen molar-refractivity contribution in [1.29, 1.82) is 0 Å². The molecule has 0 heterocycles. The second kappa shape index (κ2) is 11.7. The topological polar surface area (TPSA) is 3.24 Å². The summed E-state index contributed by atoms with van der Waals surface area (Å²) >= 11 is 0. The summed E-state index contributed by atoms with van der Waals surface area (Å²) in [6, 6.07) is 65.2. The van der Waals surface area contributed by atoms with E-state index >= 15 is 0 Å². The summed E-state index contributed by atoms with van der Waals surface area (Å²) in [4.78, 5) is 2.54. The Labute approximate surface area is 312 Å². The van der Waals surface area contributed by atoms with Gasteiger partial charge in [-0.3, -0.25) is 0 Å². The second-order valence-corrected chi connectivity index (χ2v) is 15.8. The molecule has 8 aromatic rings. The minimum atomic E-state index is -0.131. The largest absolute Gasteiger partial charge is 0.309 e. The molecule has 1 heteroatoms. The van der Waals surface area contributed by atoms with Gasteiger partial charge in [-0.05, 0) is 96.9 Å². The lowest BCUT2D eigenvalue weighted by molar-refractivity contribution is 0.660. The zero-order chi connectivity index (χ0) is 35.9. The van der Waals surface area contributed by atoms with Gasteiger partial charge in [0.05, 0.1) is 5.69 Å². The molecule has 0 saturated heterocycles. The molecule has 1 nitrogen and oxygen atoms in total. The number of hydrogen-bond acceptors (Lipinski definition) is 1. The Bertz CT molecular complexity index is 2700. The Balaban J connectivity index is 1.19. The lowest BCUT2D eigenvalue weighted by Crippen LogP contribution is -2.18. The van der Waals surface area contributed by atoms with Crippen LogP contribution in [0.3, 0.4) is 0 Å². The first kappa shape index (κ1) is 31.5. The minimum Gasteiger partial charge on any atom is -0.309 e. The summed E-state index contributed by atoms with van der Waals surface area (Å²) < 4.78 is 0. The monoisotopic (exact) mass is 679 g/mol. The number of anilines is 3. The normalized spacial score (nSPS) is 14.3. The maximum atomic E-state index is 2.54. The van der Waals surface area contributed by atoms with Crippen molar-refractivity contribution in [2.75, 3.05) is 4.90 Å². The van der Waals surface area contributed by atoms with Gasteiger partial charge in [0.25, 0.3) is 0 Å². The Morgan fingerprint density at radius 1 is 0.358 bits per heavy atom. The standard InChI is InChI=1S/C52H41N/c1-51(2)45-20-12-10-18-42(45)43-31-30-40(33-47(43)51)53(39-28-26-37(27-29-39)36-24-22-35(23-25-36)34-14-6-5-7-15-34)50-41-17-9-8-16-38(41)32-48-49(50)44-19-11-13-21-46(44)52(48,3)4/h5-33H,1-4H3. The maximum absolute atomic E-state index is 2.54. The summed E-state index contributed by atoms with van der Waals surface area (Å²) in [5.74, 6) is 0. The van der Waals surface area contributed by atoms with Gasteiger partial charge >= 0.3 is 0 Å². The molecule has 254 valence electrons. The molecule has 53 heavy (non-hydrogen) atoms. The summed E-state index contributed by atoms with van der Waals surface area (Å²) in [5, 5.41) is 2.51. The van der Waals surface area contributed by atoms with Crippen LogP contribution in [0.2, 0.25) is 0 Å². The Morgan fingerprint density at radius 3 is 1.55 bits per heavy atom. The van der Waals surface area contributed by atoms with Crippen molar-refractivity contribution in [1.82, 2.24) is 0 Å². The number of fused-ring (bicyclic) bond motifs is 7. The lowest BCUT2D eigenvalue weighted by atomic mass is 9.81. The highest BCUT2D eigenvalue weighted by molar-refractivity contribution is 6.10. The van der Waals surface area contributed by atoms with Crippen LogP contribution < -0.4 is 4.90 Å². The number of hydrogen-bond donors (Lipinski definition) is 0. The van der Waals surface area contributed by atoms with Gasteiger partial charge in [-0.1, -0.05) is 173 Å². The minimum absolute atomic E-state index is 0.112. The van der Waals surface area contributed by atoms with Gasteiger partial charge in [0.2, 0.25) is 0 Å². The fourth-order valence-electron chi connectivity index (χ4n) is 9.24. The third-order valence-corrected chi connectivity index (χ3v) is 12.1. The Kier molecular flexibility index (Phi) is 6.94. The predicted molar refractivity (Wildman–Crippen MR) is 225 cm³/mol. The molecular formula is C52H41N. The fourth-order valence-corrected chi connectivity index (χ4v) is 9.24. The van der Waals surface area contributed by atoms with Crippen LogP contribution in [0, 0.1) is 0 Å². The quantitative estimate of drug-likeness (QED) is 0.175. The Morgan fingerprint density at radius 2 is 0.849 bits per heavy atom. The SMILES string of the molecule is CC1(C)c2ccccc2-c2ccc(N(c3ccc(-c4ccc(-c5ccccc5)cc4)cc3)c3c4c(cc5ccccc35)C(C)(C)c3ccccc3-4)cc21. The van der Waals surface area contributed by atoms with E-state index in [1.165, 1.54) is 88.9 Å². The molecule has 0 saturated carbocycles. The van der Waals surface area contributed by atoms with Gasteiger partial charge in [0.15, 0.2) is 0 Å². The summed E-state index contributed by atoms with van der Waals surface area (Å²) in [6.45, 7) is 9.51. The van der Waals surface area contributed by atoms with Crippen LogP contribution >= 0.6 is 0 Å². The summed E-state index contributed by atoms with van der Waals surface area (Å²) in [7, 11) is 0. The van der Waals surface area contributed by atoms with Crippen LogP contribution in [-0.4, -0.2) is 0 Å². The average molecular weight is 680 g/mol. The molecule has 0 aromatic heterocycles. The van der Waals surface area contributed by atoms with Crippen LogP contribution in [0.1, 0.15) is 49.9 Å². The molecule has 0 N–H and O–H groups in total. The van der Waals surface area contributed by atoms with Crippen molar-refractivity contribution >= 4 is 27.8 Å². The van der Waals surface area contributed by atoms with E-state index in [-0.39, 0.29) is 10.8 Å². The average Bonchev–Trinajstić information content (AvgIpc) is 3.57. The van der Waals surface area contributed by atoms with Crippen molar-refractivity contribution in [3.63, 3.8) is 0 Å². The van der Waals surface area contributed by atoms with Crippen molar-refractivity contribution in [3.05, 3.63) is 198 Å². The Hall–Kier alpha value is -6.18. The van der Waals surface area contributed by atoms with E-state index in [9.17, 15) is 0 Å². The van der Waals surface area contributed by atoms with E-state index in [0.29, 0.717) is 0 Å². The molecule has 10 rings (SSSR count). The second-order valence-electron chi connectivity index (χ2n) is 15.8. The molecule has 0 bridgehead atoms. The third kappa shape index (κ3) is 4.77. The first-order valence-electron chi connectivity index (χ1n) is 18.8. The van der Waals surface area contributed by atoms with E-state index in [2.05, 4.69) is 209 Å². The maximum Gasteiger partial charge on any atom is 0.0621 e. The molecule has 0 unspecified atom stereocenters. The lowest BCUT2D eigenvalue weighted by Gasteiger charge is -2.32. The van der Waals surface area contributed by atoms with Gasteiger partial charge in [-0.25, -0.2) is 0 Å². The molecule has 2 aliphatic rings. The first-order chi connectivity index (χ1) is 25.8. The van der Waals surface area contributed by atoms with Gasteiger partial charge in [0.1, 0.15) is 0 Å². The van der Waals surface area contributed by atoms with Gasteiger partial charge in [-0.2, -0.15) is 0 Å². The number of nitrogens with zero attached hydrogens (tertiary/aromatic N) is 1. The van der Waals surface area contributed by atoms with Gasteiger partial charge in [-0.15, -0.1) is 0 Å². The van der Waals surface area contributed by atoms with Gasteiger partial charge < -0.3 is 4.90 Å². The number of benzene rings is 8. The van der Waals surface area contributed by atoms with Crippen molar-refractivity contribution in [3.8, 4) is 44.5 Å². The van der Waals surface area contributed by atoms with E-state index in [1.54, 1.807) is 0 Å². The van der Waals surface area contributed by atoms with E-state index in [1.807, 2.05) is 0 Å². The smallest absolute Gasteiger partial charge is 0.0621 e. The van der Waals surface area contributed by atoms with E-state index in [0.717, 1.165) is 5.69 Å². The number of rotatable bonds is 5. The van der Waals surface area contributed by atoms with E-state index < -0.39 is 0 Å². The fraction of sp³-hybridized carbons (Fsp3) is 0.115. The van der Waals surface area contributed by atoms with Crippen molar-refractivity contribution in [2.45, 2.75) is 38.5 Å². The van der Waals surface area contributed by atoms with Crippen molar-refractivity contribution < 1.29 is 0 Å². The highest BCUT2D eigenvalue weighted by Gasteiger charge is 2.40. The zero-order valence-corrected chi connectivity index (χ0v) is 30.7. The first-order valence-corrected chi connectivity index (χ1v) is 18.8. The molecule has 0 atom stereocenters. The molecule has 0 fully saturated rings. The molecule has 0 aliphatic heterocycles. The van der Waals surface area contributed by atoms with E-state index in [4.69, 9.17) is 0 Å². The highest BCUT2D eigenvalue weighted by Crippen LogP contribution is 2.57. The van der Waals surface area contributed by atoms with Gasteiger partial charge in [0, 0.05) is 33.2 Å². The van der Waals surface area contributed by atoms with Crippen LogP contribution in [-0.2, 0) is 10.8 Å².